The summed E-state index contributed by atoms with van der Waals surface area (Å²) in [6.07, 6.45) is 3.02. The van der Waals surface area contributed by atoms with Gasteiger partial charge < -0.3 is 10.2 Å². The van der Waals surface area contributed by atoms with Gasteiger partial charge in [-0.15, -0.1) is 0 Å². The molecule has 0 radical (unpaired) electrons. The van der Waals surface area contributed by atoms with Crippen molar-refractivity contribution >= 4 is 16.8 Å². The number of aromatic amines is 1. The molecule has 0 spiro atoms. The highest BCUT2D eigenvalue weighted by molar-refractivity contribution is 5.96. The number of rotatable bonds is 1. The van der Waals surface area contributed by atoms with Gasteiger partial charge in [-0.2, -0.15) is 5.10 Å². The van der Waals surface area contributed by atoms with Gasteiger partial charge in [-0.3, -0.25) is 5.10 Å². The van der Waals surface area contributed by atoms with Crippen molar-refractivity contribution in [3.8, 4) is 11.1 Å². The number of anilines is 1. The van der Waals surface area contributed by atoms with Crippen LogP contribution in [0.4, 0.5) is 10.2 Å². The third-order valence-corrected chi connectivity index (χ3v) is 2.52. The third kappa shape index (κ3) is 1.11. The minimum atomic E-state index is -0.345. The molecule has 0 atom stereocenters. The summed E-state index contributed by atoms with van der Waals surface area (Å²) in [4.78, 5) is 0. The summed E-state index contributed by atoms with van der Waals surface area (Å²) in [6, 6.07) is 4.65. The van der Waals surface area contributed by atoms with Gasteiger partial charge in [-0.05, 0) is 18.2 Å². The second-order valence-corrected chi connectivity index (χ2v) is 3.45. The normalized spacial score (nSPS) is 11.1. The second kappa shape index (κ2) is 3.10. The number of aromatic nitrogens is 2. The molecule has 0 bridgehead atoms. The monoisotopic (exact) mass is 217 g/mol. The van der Waals surface area contributed by atoms with Crippen molar-refractivity contribution in [2.75, 3.05) is 5.73 Å². The van der Waals surface area contributed by atoms with Gasteiger partial charge in [-0.25, -0.2) is 4.39 Å². The van der Waals surface area contributed by atoms with Crippen molar-refractivity contribution in [1.29, 1.82) is 0 Å². The molecule has 0 aliphatic heterocycles. The Morgan fingerprint density at radius 1 is 1.31 bits per heavy atom. The SMILES string of the molecule is Nc1[nH]ncc1-c1c(F)ccc2occc12. The van der Waals surface area contributed by atoms with Crippen molar-refractivity contribution in [3.63, 3.8) is 0 Å². The lowest BCUT2D eigenvalue weighted by Gasteiger charge is -2.02. The minimum absolute atomic E-state index is 0.340. The van der Waals surface area contributed by atoms with Crippen molar-refractivity contribution in [2.24, 2.45) is 0 Å². The van der Waals surface area contributed by atoms with E-state index in [9.17, 15) is 4.39 Å². The Balaban J connectivity index is 2.42. The van der Waals surface area contributed by atoms with Gasteiger partial charge in [0.1, 0.15) is 17.2 Å². The van der Waals surface area contributed by atoms with Gasteiger partial charge >= 0.3 is 0 Å². The molecule has 0 fully saturated rings. The molecule has 0 aliphatic rings. The van der Waals surface area contributed by atoms with Crippen molar-refractivity contribution in [2.45, 2.75) is 0 Å². The first-order valence-electron chi connectivity index (χ1n) is 4.72. The number of fused-ring (bicyclic) bond motifs is 1. The maximum Gasteiger partial charge on any atom is 0.134 e. The molecule has 1 aromatic carbocycles. The molecule has 80 valence electrons. The summed E-state index contributed by atoms with van der Waals surface area (Å²) in [7, 11) is 0. The Labute approximate surface area is 89.9 Å². The van der Waals surface area contributed by atoms with Gasteiger partial charge in [0.15, 0.2) is 0 Å². The summed E-state index contributed by atoms with van der Waals surface area (Å²) in [5.74, 6) is -0.00500. The number of furan rings is 1. The van der Waals surface area contributed by atoms with Crippen LogP contribution in [0.3, 0.4) is 0 Å². The molecule has 2 aromatic heterocycles. The highest BCUT2D eigenvalue weighted by Gasteiger charge is 2.15. The molecule has 16 heavy (non-hydrogen) atoms. The van der Waals surface area contributed by atoms with E-state index in [2.05, 4.69) is 10.2 Å². The molecule has 0 aliphatic carbocycles. The van der Waals surface area contributed by atoms with Crippen LogP contribution < -0.4 is 5.73 Å². The predicted octanol–water partition coefficient (Wildman–Crippen LogP) is 2.54. The molecule has 3 rings (SSSR count). The fraction of sp³-hybridized carbons (Fsp3) is 0. The minimum Gasteiger partial charge on any atom is -0.464 e. The van der Waals surface area contributed by atoms with Crippen LogP contribution in [0.1, 0.15) is 0 Å². The van der Waals surface area contributed by atoms with Crippen LogP contribution in [0.15, 0.2) is 35.1 Å². The average molecular weight is 217 g/mol. The lowest BCUT2D eigenvalue weighted by atomic mass is 10.0. The molecular formula is C11H8FN3O. The van der Waals surface area contributed by atoms with Crippen LogP contribution in [0, 0.1) is 5.82 Å². The van der Waals surface area contributed by atoms with Crippen LogP contribution in [-0.2, 0) is 0 Å². The smallest absolute Gasteiger partial charge is 0.134 e. The molecule has 5 heteroatoms. The summed E-state index contributed by atoms with van der Waals surface area (Å²) < 4.78 is 19.0. The molecular weight excluding hydrogens is 209 g/mol. The van der Waals surface area contributed by atoms with E-state index in [0.717, 1.165) is 0 Å². The Kier molecular flexibility index (Phi) is 1.73. The molecule has 3 aromatic rings. The maximum atomic E-state index is 13.8. The van der Waals surface area contributed by atoms with Gasteiger partial charge in [0.2, 0.25) is 0 Å². The number of nitrogen functional groups attached to an aromatic ring is 1. The van der Waals surface area contributed by atoms with E-state index in [4.69, 9.17) is 10.2 Å². The van der Waals surface area contributed by atoms with E-state index in [1.54, 1.807) is 12.1 Å². The van der Waals surface area contributed by atoms with Crippen LogP contribution in [0.5, 0.6) is 0 Å². The number of halogens is 1. The number of nitrogens with one attached hydrogen (secondary N) is 1. The van der Waals surface area contributed by atoms with Crippen molar-refractivity contribution < 1.29 is 8.81 Å². The standard InChI is InChI=1S/C11H8FN3O/c12-8-1-2-9-6(3-4-16-9)10(8)7-5-14-15-11(7)13/h1-5H,(H3,13,14,15). The zero-order chi connectivity index (χ0) is 11.1. The number of hydrogen-bond donors (Lipinski definition) is 2. The number of nitrogens with zero attached hydrogens (tertiary/aromatic N) is 1. The molecule has 0 saturated carbocycles. The lowest BCUT2D eigenvalue weighted by Crippen LogP contribution is -1.90. The largest absolute Gasteiger partial charge is 0.464 e. The highest BCUT2D eigenvalue weighted by Crippen LogP contribution is 2.34. The average Bonchev–Trinajstić information content (AvgIpc) is 2.87. The van der Waals surface area contributed by atoms with E-state index >= 15 is 0 Å². The first-order valence-corrected chi connectivity index (χ1v) is 4.72. The maximum absolute atomic E-state index is 13.8. The molecule has 0 unspecified atom stereocenters. The second-order valence-electron chi connectivity index (χ2n) is 3.45. The van der Waals surface area contributed by atoms with Gasteiger partial charge in [0, 0.05) is 16.5 Å². The number of hydrogen-bond acceptors (Lipinski definition) is 3. The molecule has 0 saturated heterocycles. The fourth-order valence-electron chi connectivity index (χ4n) is 1.79. The van der Waals surface area contributed by atoms with E-state index in [0.29, 0.717) is 27.9 Å². The first kappa shape index (κ1) is 8.96. The van der Waals surface area contributed by atoms with E-state index in [-0.39, 0.29) is 5.82 Å². The summed E-state index contributed by atoms with van der Waals surface area (Å²) >= 11 is 0. The van der Waals surface area contributed by atoms with E-state index in [1.165, 1.54) is 18.5 Å². The number of benzene rings is 1. The Morgan fingerprint density at radius 3 is 2.94 bits per heavy atom. The Bertz CT molecular complexity index is 656. The zero-order valence-electron chi connectivity index (χ0n) is 8.20. The van der Waals surface area contributed by atoms with Crippen LogP contribution in [0.25, 0.3) is 22.1 Å². The molecule has 2 heterocycles. The predicted molar refractivity (Wildman–Crippen MR) is 58.2 cm³/mol. The van der Waals surface area contributed by atoms with Crippen LogP contribution >= 0.6 is 0 Å². The summed E-state index contributed by atoms with van der Waals surface area (Å²) in [5.41, 5.74) is 7.27. The van der Waals surface area contributed by atoms with E-state index < -0.39 is 0 Å². The highest BCUT2D eigenvalue weighted by atomic mass is 19.1. The number of nitrogens with two attached hydrogens (primary N) is 1. The molecule has 4 nitrogen and oxygen atoms in total. The molecule has 3 N–H and O–H groups in total. The van der Waals surface area contributed by atoms with Crippen LogP contribution in [-0.4, -0.2) is 10.2 Å². The number of H-pyrrole nitrogens is 1. The Morgan fingerprint density at radius 2 is 2.19 bits per heavy atom. The molecule has 0 amide bonds. The van der Waals surface area contributed by atoms with Gasteiger partial charge in [0.25, 0.3) is 0 Å². The first-order chi connectivity index (χ1) is 7.77. The van der Waals surface area contributed by atoms with Crippen molar-refractivity contribution in [1.82, 2.24) is 10.2 Å². The quantitative estimate of drug-likeness (QED) is 0.658. The topological polar surface area (TPSA) is 67.8 Å². The van der Waals surface area contributed by atoms with Crippen molar-refractivity contribution in [3.05, 3.63) is 36.5 Å². The van der Waals surface area contributed by atoms with Crippen LogP contribution in [0.2, 0.25) is 0 Å². The third-order valence-electron chi connectivity index (χ3n) is 2.52. The van der Waals surface area contributed by atoms with Gasteiger partial charge in [-0.1, -0.05) is 0 Å². The van der Waals surface area contributed by atoms with E-state index in [1.807, 2.05) is 0 Å². The summed E-state index contributed by atoms with van der Waals surface area (Å²) in [5, 5.41) is 7.05. The fourth-order valence-corrected chi connectivity index (χ4v) is 1.79. The zero-order valence-corrected chi connectivity index (χ0v) is 8.20. The van der Waals surface area contributed by atoms with Gasteiger partial charge in [0.05, 0.1) is 12.5 Å². The lowest BCUT2D eigenvalue weighted by molar-refractivity contribution is 0.610. The summed E-state index contributed by atoms with van der Waals surface area (Å²) in [6.45, 7) is 0. The Hall–Kier alpha value is -2.30.